The van der Waals surface area contributed by atoms with Gasteiger partial charge in [0.15, 0.2) is 6.10 Å². The number of hydrogen-bond acceptors (Lipinski definition) is 4. The molecule has 6 nitrogen and oxygen atoms in total. The van der Waals surface area contributed by atoms with Crippen molar-refractivity contribution in [3.8, 4) is 0 Å². The minimum atomic E-state index is -1.45. The van der Waals surface area contributed by atoms with Crippen LogP contribution >= 0.6 is 0 Å². The number of aliphatic carboxylic acids is 1. The molecule has 5 N–H and O–H groups in total. The molecule has 0 heterocycles. The number of carboxylic acids is 1. The first-order chi connectivity index (χ1) is 8.49. The summed E-state index contributed by atoms with van der Waals surface area (Å²) in [5, 5.41) is 20.0. The van der Waals surface area contributed by atoms with Crippen LogP contribution in [0.1, 0.15) is 12.0 Å². The quantitative estimate of drug-likeness (QED) is 0.522. The van der Waals surface area contributed by atoms with E-state index in [0.29, 0.717) is 5.69 Å². The SMILES string of the molecule is Nc1cccc(CC(=O)NCCC(O)C(=O)O)c1. The van der Waals surface area contributed by atoms with Crippen LogP contribution in [-0.2, 0) is 16.0 Å². The molecule has 0 saturated heterocycles. The summed E-state index contributed by atoms with van der Waals surface area (Å²) in [6.07, 6.45) is -1.29. The Hall–Kier alpha value is -2.08. The van der Waals surface area contributed by atoms with Crippen LogP contribution in [0, 0.1) is 0 Å². The molecule has 0 radical (unpaired) electrons. The second-order valence-electron chi connectivity index (χ2n) is 3.91. The van der Waals surface area contributed by atoms with E-state index in [1.54, 1.807) is 24.3 Å². The van der Waals surface area contributed by atoms with E-state index in [0.717, 1.165) is 5.56 Å². The van der Waals surface area contributed by atoms with Crippen molar-refractivity contribution in [2.24, 2.45) is 0 Å². The normalized spacial score (nSPS) is 11.8. The van der Waals surface area contributed by atoms with E-state index in [4.69, 9.17) is 15.9 Å². The zero-order valence-corrected chi connectivity index (χ0v) is 9.80. The maximum Gasteiger partial charge on any atom is 0.332 e. The molecule has 1 rings (SSSR count). The third kappa shape index (κ3) is 4.84. The Labute approximate surface area is 104 Å². The van der Waals surface area contributed by atoms with Crippen molar-refractivity contribution < 1.29 is 19.8 Å². The Morgan fingerprint density at radius 1 is 1.39 bits per heavy atom. The lowest BCUT2D eigenvalue weighted by atomic mass is 10.1. The summed E-state index contributed by atoms with van der Waals surface area (Å²) in [4.78, 5) is 21.8. The Morgan fingerprint density at radius 2 is 2.11 bits per heavy atom. The van der Waals surface area contributed by atoms with Gasteiger partial charge in [0.25, 0.3) is 0 Å². The molecule has 0 saturated carbocycles. The zero-order chi connectivity index (χ0) is 13.5. The highest BCUT2D eigenvalue weighted by Crippen LogP contribution is 2.06. The fourth-order valence-corrected chi connectivity index (χ4v) is 1.42. The molecule has 0 aliphatic carbocycles. The highest BCUT2D eigenvalue weighted by molar-refractivity contribution is 5.79. The molecule has 1 unspecified atom stereocenters. The molecule has 0 aliphatic rings. The third-order valence-corrected chi connectivity index (χ3v) is 2.34. The molecule has 1 atom stereocenters. The number of aliphatic hydroxyl groups is 1. The number of anilines is 1. The number of nitrogen functional groups attached to an aromatic ring is 1. The summed E-state index contributed by atoms with van der Waals surface area (Å²) in [7, 11) is 0. The molecule has 18 heavy (non-hydrogen) atoms. The highest BCUT2D eigenvalue weighted by Gasteiger charge is 2.12. The van der Waals surface area contributed by atoms with Gasteiger partial charge in [-0.15, -0.1) is 0 Å². The van der Waals surface area contributed by atoms with Gasteiger partial charge >= 0.3 is 5.97 Å². The number of amides is 1. The third-order valence-electron chi connectivity index (χ3n) is 2.34. The molecular weight excluding hydrogens is 236 g/mol. The average molecular weight is 252 g/mol. The minimum absolute atomic E-state index is 0.0159. The molecule has 98 valence electrons. The number of aliphatic hydroxyl groups excluding tert-OH is 1. The van der Waals surface area contributed by atoms with E-state index in [-0.39, 0.29) is 25.3 Å². The number of carbonyl (C=O) groups is 2. The lowest BCUT2D eigenvalue weighted by Crippen LogP contribution is -2.30. The van der Waals surface area contributed by atoms with Crippen LogP contribution < -0.4 is 11.1 Å². The molecule has 1 aromatic rings. The number of carboxylic acid groups (broad SMARTS) is 1. The minimum Gasteiger partial charge on any atom is -0.479 e. The predicted octanol–water partition coefficient (Wildman–Crippen LogP) is -0.237. The van der Waals surface area contributed by atoms with Crippen LogP contribution in [0.25, 0.3) is 0 Å². The van der Waals surface area contributed by atoms with Crippen LogP contribution in [0.5, 0.6) is 0 Å². The van der Waals surface area contributed by atoms with Crippen molar-refractivity contribution in [1.29, 1.82) is 0 Å². The van der Waals surface area contributed by atoms with E-state index in [1.807, 2.05) is 0 Å². The first-order valence-corrected chi connectivity index (χ1v) is 5.51. The molecule has 0 spiro atoms. The van der Waals surface area contributed by atoms with Gasteiger partial charge in [-0.25, -0.2) is 4.79 Å². The Kier molecular flexibility index (Phi) is 5.13. The maximum absolute atomic E-state index is 11.5. The van der Waals surface area contributed by atoms with E-state index in [9.17, 15) is 9.59 Å². The topological polar surface area (TPSA) is 113 Å². The smallest absolute Gasteiger partial charge is 0.332 e. The molecule has 0 aliphatic heterocycles. The van der Waals surface area contributed by atoms with Crippen LogP contribution in [0.2, 0.25) is 0 Å². The Morgan fingerprint density at radius 3 is 2.72 bits per heavy atom. The van der Waals surface area contributed by atoms with Crippen LogP contribution in [0.3, 0.4) is 0 Å². The van der Waals surface area contributed by atoms with Crippen molar-refractivity contribution in [2.45, 2.75) is 18.9 Å². The van der Waals surface area contributed by atoms with Crippen molar-refractivity contribution in [1.82, 2.24) is 5.32 Å². The molecule has 1 aromatic carbocycles. The van der Waals surface area contributed by atoms with Gasteiger partial charge in [0, 0.05) is 18.7 Å². The highest BCUT2D eigenvalue weighted by atomic mass is 16.4. The van der Waals surface area contributed by atoms with Gasteiger partial charge in [0.1, 0.15) is 0 Å². The maximum atomic E-state index is 11.5. The lowest BCUT2D eigenvalue weighted by Gasteiger charge is -2.07. The summed E-state index contributed by atoms with van der Waals surface area (Å²) < 4.78 is 0. The summed E-state index contributed by atoms with van der Waals surface area (Å²) in [6, 6.07) is 6.96. The monoisotopic (exact) mass is 252 g/mol. The van der Waals surface area contributed by atoms with Crippen LogP contribution in [-0.4, -0.2) is 34.7 Å². The zero-order valence-electron chi connectivity index (χ0n) is 9.80. The van der Waals surface area contributed by atoms with E-state index < -0.39 is 12.1 Å². The number of nitrogens with two attached hydrogens (primary N) is 1. The predicted molar refractivity (Wildman–Crippen MR) is 65.8 cm³/mol. The van der Waals surface area contributed by atoms with Gasteiger partial charge in [-0.3, -0.25) is 4.79 Å². The molecular formula is C12H16N2O4. The molecule has 0 bridgehead atoms. The number of nitrogens with one attached hydrogen (secondary N) is 1. The number of rotatable bonds is 6. The number of benzene rings is 1. The first-order valence-electron chi connectivity index (χ1n) is 5.51. The fraction of sp³-hybridized carbons (Fsp3) is 0.333. The molecule has 6 heteroatoms. The van der Waals surface area contributed by atoms with Gasteiger partial charge in [-0.05, 0) is 17.7 Å². The van der Waals surface area contributed by atoms with Crippen molar-refractivity contribution >= 4 is 17.6 Å². The number of hydrogen-bond donors (Lipinski definition) is 4. The molecule has 1 amide bonds. The second-order valence-corrected chi connectivity index (χ2v) is 3.91. The van der Waals surface area contributed by atoms with E-state index >= 15 is 0 Å². The second kappa shape index (κ2) is 6.61. The standard InChI is InChI=1S/C12H16N2O4/c13-9-3-1-2-8(6-9)7-11(16)14-5-4-10(15)12(17)18/h1-3,6,10,15H,4-5,7,13H2,(H,14,16)(H,17,18). The fourth-order valence-electron chi connectivity index (χ4n) is 1.42. The Bertz CT molecular complexity index is 434. The first kappa shape index (κ1) is 14.0. The van der Waals surface area contributed by atoms with Crippen molar-refractivity contribution in [2.75, 3.05) is 12.3 Å². The van der Waals surface area contributed by atoms with Gasteiger partial charge in [-0.1, -0.05) is 12.1 Å². The van der Waals surface area contributed by atoms with Gasteiger partial charge in [0.05, 0.1) is 6.42 Å². The Balaban J connectivity index is 2.32. The summed E-state index contributed by atoms with van der Waals surface area (Å²) in [5.74, 6) is -1.53. The molecule has 0 aromatic heterocycles. The van der Waals surface area contributed by atoms with Gasteiger partial charge in [-0.2, -0.15) is 0 Å². The average Bonchev–Trinajstić information content (AvgIpc) is 2.28. The van der Waals surface area contributed by atoms with Gasteiger partial charge in [0.2, 0.25) is 5.91 Å². The lowest BCUT2D eigenvalue weighted by molar-refractivity contribution is -0.147. The van der Waals surface area contributed by atoms with Gasteiger partial charge < -0.3 is 21.3 Å². The van der Waals surface area contributed by atoms with Crippen LogP contribution in [0.4, 0.5) is 5.69 Å². The van der Waals surface area contributed by atoms with Crippen LogP contribution in [0.15, 0.2) is 24.3 Å². The van der Waals surface area contributed by atoms with E-state index in [2.05, 4.69) is 5.32 Å². The number of carbonyl (C=O) groups excluding carboxylic acids is 1. The summed E-state index contributed by atoms with van der Waals surface area (Å²) in [6.45, 7) is 0.120. The summed E-state index contributed by atoms with van der Waals surface area (Å²) in [5.41, 5.74) is 6.95. The van der Waals surface area contributed by atoms with Crippen molar-refractivity contribution in [3.63, 3.8) is 0 Å². The molecule has 0 fully saturated rings. The van der Waals surface area contributed by atoms with Crippen molar-refractivity contribution in [3.05, 3.63) is 29.8 Å². The van der Waals surface area contributed by atoms with E-state index in [1.165, 1.54) is 0 Å². The largest absolute Gasteiger partial charge is 0.479 e. The summed E-state index contributed by atoms with van der Waals surface area (Å²) >= 11 is 0.